The van der Waals surface area contributed by atoms with Gasteiger partial charge in [0.05, 0.1) is 17.1 Å². The minimum atomic E-state index is 0.0319. The normalized spacial score (nSPS) is 13.6. The number of aromatic nitrogens is 1. The fraction of sp³-hybridized carbons (Fsp3) is 0.550. The molecule has 1 heterocycles. The molecule has 0 aliphatic carbocycles. The number of halogens is 1. The molecule has 1 aromatic heterocycles. The molecule has 2 aromatic rings. The van der Waals surface area contributed by atoms with Crippen LogP contribution in [-0.4, -0.2) is 23.5 Å². The maximum absolute atomic E-state index is 12.4. The first-order chi connectivity index (χ1) is 12.0. The third kappa shape index (κ3) is 4.91. The average molecular weight is 365 g/mol. The van der Waals surface area contributed by atoms with Crippen molar-refractivity contribution in [2.75, 3.05) is 6.61 Å². The van der Waals surface area contributed by atoms with E-state index < -0.39 is 0 Å². The van der Waals surface area contributed by atoms with Gasteiger partial charge in [-0.1, -0.05) is 25.4 Å². The van der Waals surface area contributed by atoms with E-state index >= 15 is 0 Å². The Morgan fingerprint density at radius 2 is 2.04 bits per heavy atom. The Kier molecular flexibility index (Phi) is 7.18. The van der Waals surface area contributed by atoms with Crippen LogP contribution in [0.1, 0.15) is 52.5 Å². The molecule has 2 rings (SSSR count). The van der Waals surface area contributed by atoms with Gasteiger partial charge in [-0.15, -0.1) is 0 Å². The molecule has 0 saturated carbocycles. The van der Waals surface area contributed by atoms with Crippen molar-refractivity contribution in [2.45, 2.75) is 59.4 Å². The lowest BCUT2D eigenvalue weighted by Crippen LogP contribution is -2.36. The van der Waals surface area contributed by atoms with Crippen molar-refractivity contribution in [3.8, 4) is 5.75 Å². The van der Waals surface area contributed by atoms with E-state index in [-0.39, 0.29) is 17.9 Å². The summed E-state index contributed by atoms with van der Waals surface area (Å²) in [6, 6.07) is 4.08. The summed E-state index contributed by atoms with van der Waals surface area (Å²) in [6.07, 6.45) is 5.44. The van der Waals surface area contributed by atoms with Gasteiger partial charge in [-0.2, -0.15) is 0 Å². The molecule has 0 spiro atoms. The zero-order valence-electron chi connectivity index (χ0n) is 15.6. The van der Waals surface area contributed by atoms with Gasteiger partial charge in [-0.25, -0.2) is 0 Å². The summed E-state index contributed by atoms with van der Waals surface area (Å²) in [4.78, 5) is 15.7. The van der Waals surface area contributed by atoms with Crippen LogP contribution in [0.15, 0.2) is 18.3 Å². The Hall–Kier alpha value is -1.68. The summed E-state index contributed by atoms with van der Waals surface area (Å²) in [6.45, 7) is 8.76. The number of carbonyl (C=O) groups is 1. The summed E-state index contributed by atoms with van der Waals surface area (Å²) in [5.41, 5.74) is 2.10. The van der Waals surface area contributed by atoms with Gasteiger partial charge in [0.25, 0.3) is 0 Å². The van der Waals surface area contributed by atoms with Crippen LogP contribution in [0.4, 0.5) is 0 Å². The van der Waals surface area contributed by atoms with Gasteiger partial charge in [0.2, 0.25) is 5.91 Å². The molecule has 4 nitrogen and oxygen atoms in total. The summed E-state index contributed by atoms with van der Waals surface area (Å²) >= 11 is 6.35. The van der Waals surface area contributed by atoms with E-state index in [0.29, 0.717) is 11.6 Å². The molecule has 138 valence electrons. The Morgan fingerprint density at radius 1 is 1.28 bits per heavy atom. The van der Waals surface area contributed by atoms with Crippen LogP contribution in [0.5, 0.6) is 5.75 Å². The molecule has 0 bridgehead atoms. The van der Waals surface area contributed by atoms with E-state index in [9.17, 15) is 4.79 Å². The highest BCUT2D eigenvalue weighted by atomic mass is 35.5. The minimum absolute atomic E-state index is 0.0319. The Bertz CT molecular complexity index is 711. The molecule has 2 unspecified atom stereocenters. The molecule has 1 aromatic carbocycles. The lowest BCUT2D eigenvalue weighted by Gasteiger charge is -2.18. The smallest absolute Gasteiger partial charge is 0.223 e. The molecule has 1 amide bonds. The predicted octanol–water partition coefficient (Wildman–Crippen LogP) is 5.09. The van der Waals surface area contributed by atoms with Crippen LogP contribution >= 0.6 is 11.6 Å². The van der Waals surface area contributed by atoms with Gasteiger partial charge >= 0.3 is 0 Å². The molecular formula is C20H29ClN2O2. The van der Waals surface area contributed by atoms with Gasteiger partial charge in [-0.3, -0.25) is 4.79 Å². The van der Waals surface area contributed by atoms with Crippen LogP contribution in [-0.2, 0) is 11.2 Å². The van der Waals surface area contributed by atoms with Crippen molar-refractivity contribution in [2.24, 2.45) is 5.92 Å². The van der Waals surface area contributed by atoms with Gasteiger partial charge in [0, 0.05) is 29.6 Å². The SMILES string of the molecule is CCOc1cc(Cl)c2[nH]cc(CCC(CC)C(=O)NC(C)CC)c2c1. The molecule has 0 aliphatic heterocycles. The van der Waals surface area contributed by atoms with E-state index in [4.69, 9.17) is 16.3 Å². The van der Waals surface area contributed by atoms with Gasteiger partial charge in [0.1, 0.15) is 5.75 Å². The number of aromatic amines is 1. The molecule has 2 atom stereocenters. The number of ether oxygens (including phenoxy) is 1. The molecule has 0 aliphatic rings. The highest BCUT2D eigenvalue weighted by Gasteiger charge is 2.19. The van der Waals surface area contributed by atoms with Crippen molar-refractivity contribution in [1.82, 2.24) is 10.3 Å². The third-order valence-corrected chi connectivity index (χ3v) is 5.04. The highest BCUT2D eigenvalue weighted by Crippen LogP contribution is 2.32. The summed E-state index contributed by atoms with van der Waals surface area (Å²) in [5, 5.41) is 4.83. The average Bonchev–Trinajstić information content (AvgIpc) is 2.99. The number of carbonyl (C=O) groups excluding carboxylic acids is 1. The van der Waals surface area contributed by atoms with Crippen LogP contribution in [0, 0.1) is 5.92 Å². The molecule has 5 heteroatoms. The quantitative estimate of drug-likeness (QED) is 0.650. The second kappa shape index (κ2) is 9.14. The Labute approximate surface area is 155 Å². The van der Waals surface area contributed by atoms with E-state index in [1.165, 1.54) is 5.56 Å². The summed E-state index contributed by atoms with van der Waals surface area (Å²) in [5.74, 6) is 0.969. The number of aryl methyl sites for hydroxylation is 1. The van der Waals surface area contributed by atoms with Crippen molar-refractivity contribution in [3.63, 3.8) is 0 Å². The largest absolute Gasteiger partial charge is 0.494 e. The number of H-pyrrole nitrogens is 1. The summed E-state index contributed by atoms with van der Waals surface area (Å²) in [7, 11) is 0. The van der Waals surface area contributed by atoms with Gasteiger partial charge < -0.3 is 15.0 Å². The Morgan fingerprint density at radius 3 is 2.68 bits per heavy atom. The highest BCUT2D eigenvalue weighted by molar-refractivity contribution is 6.35. The first-order valence-electron chi connectivity index (χ1n) is 9.22. The first kappa shape index (κ1) is 19.6. The second-order valence-electron chi connectivity index (χ2n) is 6.54. The number of amides is 1. The number of fused-ring (bicyclic) bond motifs is 1. The third-order valence-electron chi connectivity index (χ3n) is 4.74. The van der Waals surface area contributed by atoms with Crippen molar-refractivity contribution >= 4 is 28.4 Å². The molecule has 0 saturated heterocycles. The number of nitrogens with one attached hydrogen (secondary N) is 2. The number of hydrogen-bond acceptors (Lipinski definition) is 2. The van der Waals surface area contributed by atoms with E-state index in [2.05, 4.69) is 24.1 Å². The van der Waals surface area contributed by atoms with Crippen molar-refractivity contribution in [1.29, 1.82) is 0 Å². The monoisotopic (exact) mass is 364 g/mol. The van der Waals surface area contributed by atoms with E-state index in [1.54, 1.807) is 0 Å². The molecule has 0 radical (unpaired) electrons. The maximum atomic E-state index is 12.4. The van der Waals surface area contributed by atoms with Crippen molar-refractivity contribution in [3.05, 3.63) is 28.9 Å². The van der Waals surface area contributed by atoms with E-state index in [1.807, 2.05) is 32.2 Å². The van der Waals surface area contributed by atoms with Crippen LogP contribution in [0.3, 0.4) is 0 Å². The molecule has 2 N–H and O–H groups in total. The predicted molar refractivity (Wildman–Crippen MR) is 104 cm³/mol. The number of rotatable bonds is 9. The lowest BCUT2D eigenvalue weighted by atomic mass is 9.95. The fourth-order valence-corrected chi connectivity index (χ4v) is 3.25. The molecule has 25 heavy (non-hydrogen) atoms. The zero-order valence-corrected chi connectivity index (χ0v) is 16.4. The summed E-state index contributed by atoms with van der Waals surface area (Å²) < 4.78 is 5.60. The van der Waals surface area contributed by atoms with Crippen LogP contribution in [0.2, 0.25) is 5.02 Å². The number of benzene rings is 1. The first-order valence-corrected chi connectivity index (χ1v) is 9.60. The fourth-order valence-electron chi connectivity index (χ4n) is 2.99. The van der Waals surface area contributed by atoms with Crippen LogP contribution < -0.4 is 10.1 Å². The topological polar surface area (TPSA) is 54.1 Å². The zero-order chi connectivity index (χ0) is 18.4. The number of hydrogen-bond donors (Lipinski definition) is 2. The van der Waals surface area contributed by atoms with E-state index in [0.717, 1.165) is 42.3 Å². The van der Waals surface area contributed by atoms with Crippen LogP contribution in [0.25, 0.3) is 10.9 Å². The lowest BCUT2D eigenvalue weighted by molar-refractivity contribution is -0.125. The maximum Gasteiger partial charge on any atom is 0.223 e. The molecule has 0 fully saturated rings. The van der Waals surface area contributed by atoms with Gasteiger partial charge in [-0.05, 0) is 51.2 Å². The second-order valence-corrected chi connectivity index (χ2v) is 6.94. The molecular weight excluding hydrogens is 336 g/mol. The van der Waals surface area contributed by atoms with Crippen molar-refractivity contribution < 1.29 is 9.53 Å². The standard InChI is InChI=1S/C20H29ClN2O2/c1-5-13(4)23-20(24)14(6-2)8-9-15-12-22-19-17(15)10-16(25-7-3)11-18(19)21/h10-14,22H,5-9H2,1-4H3,(H,23,24). The minimum Gasteiger partial charge on any atom is -0.494 e. The Balaban J connectivity index is 2.12. The van der Waals surface area contributed by atoms with Gasteiger partial charge in [0.15, 0.2) is 0 Å².